The van der Waals surface area contributed by atoms with Crippen molar-refractivity contribution in [3.63, 3.8) is 0 Å². The van der Waals surface area contributed by atoms with Gasteiger partial charge in [-0.1, -0.05) is 31.3 Å². The number of hydrogen-bond donors (Lipinski definition) is 2. The van der Waals surface area contributed by atoms with Gasteiger partial charge in [0.15, 0.2) is 0 Å². The molecule has 0 saturated carbocycles. The molecule has 9 heteroatoms. The van der Waals surface area contributed by atoms with Gasteiger partial charge in [-0.25, -0.2) is 13.4 Å². The maximum absolute atomic E-state index is 12.5. The number of nitrogens with one attached hydrogen (secondary N) is 2. The van der Waals surface area contributed by atoms with E-state index in [1.807, 2.05) is 26.0 Å². The Morgan fingerprint density at radius 3 is 2.34 bits per heavy atom. The van der Waals surface area contributed by atoms with Crippen molar-refractivity contribution in [2.75, 3.05) is 18.5 Å². The van der Waals surface area contributed by atoms with E-state index in [1.165, 1.54) is 39.9 Å². The molecule has 7 nitrogen and oxygen atoms in total. The number of carbonyl (C=O) groups excluding carboxylic acids is 1. The molecule has 3 rings (SSSR count). The Morgan fingerprint density at radius 1 is 1.07 bits per heavy atom. The summed E-state index contributed by atoms with van der Waals surface area (Å²) in [5.74, 6) is -0.371. The molecule has 2 aromatic carbocycles. The van der Waals surface area contributed by atoms with Gasteiger partial charge >= 0.3 is 0 Å². The average Bonchev–Trinajstić information content (AvgIpc) is 3.14. The molecule has 29 heavy (non-hydrogen) atoms. The number of aromatic nitrogens is 1. The van der Waals surface area contributed by atoms with Crippen LogP contribution < -0.4 is 10.9 Å². The van der Waals surface area contributed by atoms with Gasteiger partial charge in [0, 0.05) is 18.7 Å². The van der Waals surface area contributed by atoms with E-state index in [0.29, 0.717) is 23.8 Å². The number of hydrogen-bond acceptors (Lipinski definition) is 6. The number of amides is 1. The van der Waals surface area contributed by atoms with Crippen molar-refractivity contribution in [2.24, 2.45) is 0 Å². The van der Waals surface area contributed by atoms with Crippen LogP contribution in [0.5, 0.6) is 0 Å². The lowest BCUT2D eigenvalue weighted by molar-refractivity contribution is 0.0962. The summed E-state index contributed by atoms with van der Waals surface area (Å²) in [6.07, 6.45) is 0. The summed E-state index contributed by atoms with van der Waals surface area (Å²) in [6, 6.07) is 9.96. The van der Waals surface area contributed by atoms with E-state index in [2.05, 4.69) is 15.8 Å². The van der Waals surface area contributed by atoms with Crippen molar-refractivity contribution in [3.05, 3.63) is 53.1 Å². The van der Waals surface area contributed by atoms with Crippen molar-refractivity contribution < 1.29 is 13.2 Å². The molecule has 0 atom stereocenters. The smallest absolute Gasteiger partial charge is 0.269 e. The van der Waals surface area contributed by atoms with Gasteiger partial charge in [0.2, 0.25) is 15.2 Å². The molecular formula is C20H24N4O3S2. The lowest BCUT2D eigenvalue weighted by Gasteiger charge is -2.18. The van der Waals surface area contributed by atoms with Gasteiger partial charge in [-0.15, -0.1) is 0 Å². The van der Waals surface area contributed by atoms with E-state index < -0.39 is 10.0 Å². The molecule has 1 heterocycles. The molecule has 0 aliphatic heterocycles. The van der Waals surface area contributed by atoms with Crippen LogP contribution in [0.1, 0.15) is 35.3 Å². The fourth-order valence-corrected chi connectivity index (χ4v) is 5.29. The van der Waals surface area contributed by atoms with Crippen molar-refractivity contribution in [1.82, 2.24) is 14.7 Å². The van der Waals surface area contributed by atoms with Crippen LogP contribution >= 0.6 is 11.3 Å². The summed E-state index contributed by atoms with van der Waals surface area (Å²) < 4.78 is 27.5. The zero-order chi connectivity index (χ0) is 21.2. The van der Waals surface area contributed by atoms with Gasteiger partial charge in [0.25, 0.3) is 5.91 Å². The zero-order valence-corrected chi connectivity index (χ0v) is 18.4. The molecule has 3 aromatic rings. The number of benzene rings is 2. The topological polar surface area (TPSA) is 91.4 Å². The monoisotopic (exact) mass is 432 g/mol. The molecule has 0 radical (unpaired) electrons. The van der Waals surface area contributed by atoms with Crippen molar-refractivity contribution in [2.45, 2.75) is 32.6 Å². The SMILES string of the molecule is CCN(CC)S(=O)(=O)c1ccc(C(=O)NNc2nc3c(C)c(C)ccc3s2)cc1. The number of hydrazine groups is 1. The maximum atomic E-state index is 12.5. The number of aryl methyl sites for hydroxylation is 2. The standard InChI is InChI=1S/C20H24N4O3S2/c1-5-24(6-2)29(26,27)16-10-8-15(9-11-16)19(25)22-23-20-21-18-14(4)13(3)7-12-17(18)28-20/h7-12H,5-6H2,1-4H3,(H,21,23)(H,22,25). The lowest BCUT2D eigenvalue weighted by Crippen LogP contribution is -2.31. The number of sulfonamides is 1. The third-order valence-electron chi connectivity index (χ3n) is 4.83. The van der Waals surface area contributed by atoms with Crippen LogP contribution in [0.4, 0.5) is 5.13 Å². The second-order valence-corrected chi connectivity index (χ2v) is 9.53. The van der Waals surface area contributed by atoms with Gasteiger partial charge in [-0.3, -0.25) is 15.6 Å². The fourth-order valence-electron chi connectivity index (χ4n) is 2.95. The van der Waals surface area contributed by atoms with Gasteiger partial charge in [-0.05, 0) is 55.3 Å². The predicted octanol–water partition coefficient (Wildman–Crippen LogP) is 3.70. The van der Waals surface area contributed by atoms with E-state index in [0.717, 1.165) is 21.3 Å². The summed E-state index contributed by atoms with van der Waals surface area (Å²) in [5.41, 5.74) is 9.00. The first kappa shape index (κ1) is 21.2. The van der Waals surface area contributed by atoms with Gasteiger partial charge in [-0.2, -0.15) is 4.31 Å². The van der Waals surface area contributed by atoms with Crippen molar-refractivity contribution in [1.29, 1.82) is 0 Å². The molecule has 0 aliphatic carbocycles. The van der Waals surface area contributed by atoms with E-state index in [4.69, 9.17) is 0 Å². The van der Waals surface area contributed by atoms with Crippen molar-refractivity contribution in [3.8, 4) is 0 Å². The average molecular weight is 433 g/mol. The van der Waals surface area contributed by atoms with E-state index in [1.54, 1.807) is 13.8 Å². The number of rotatable bonds is 7. The predicted molar refractivity (Wildman–Crippen MR) is 117 cm³/mol. The Labute approximate surface area is 174 Å². The Balaban J connectivity index is 1.71. The Kier molecular flexibility index (Phi) is 6.21. The van der Waals surface area contributed by atoms with Crippen LogP contribution in [0.25, 0.3) is 10.2 Å². The van der Waals surface area contributed by atoms with Crippen LogP contribution in [0, 0.1) is 13.8 Å². The molecule has 1 amide bonds. The summed E-state index contributed by atoms with van der Waals surface area (Å²) >= 11 is 1.45. The van der Waals surface area contributed by atoms with E-state index in [9.17, 15) is 13.2 Å². The molecule has 154 valence electrons. The normalized spacial score (nSPS) is 11.8. The number of nitrogens with zero attached hydrogens (tertiary/aromatic N) is 2. The highest BCUT2D eigenvalue weighted by Crippen LogP contribution is 2.29. The lowest BCUT2D eigenvalue weighted by atomic mass is 10.1. The molecule has 2 N–H and O–H groups in total. The Bertz CT molecular complexity index is 1130. The third-order valence-corrected chi connectivity index (χ3v) is 7.83. The Morgan fingerprint density at radius 2 is 1.72 bits per heavy atom. The summed E-state index contributed by atoms with van der Waals surface area (Å²) in [5, 5.41) is 0.586. The molecule has 0 bridgehead atoms. The number of fused-ring (bicyclic) bond motifs is 1. The Hall–Kier alpha value is -2.49. The maximum Gasteiger partial charge on any atom is 0.269 e. The first-order valence-corrected chi connectivity index (χ1v) is 11.6. The van der Waals surface area contributed by atoms with Crippen molar-refractivity contribution >= 4 is 42.6 Å². The minimum Gasteiger partial charge on any atom is -0.273 e. The first-order valence-electron chi connectivity index (χ1n) is 9.31. The van der Waals surface area contributed by atoms with Crippen LogP contribution in [0.3, 0.4) is 0 Å². The van der Waals surface area contributed by atoms with Gasteiger partial charge in [0.05, 0.1) is 15.1 Å². The summed E-state index contributed by atoms with van der Waals surface area (Å²) in [4.78, 5) is 17.1. The number of carbonyl (C=O) groups is 1. The van der Waals surface area contributed by atoms with Gasteiger partial charge < -0.3 is 0 Å². The third kappa shape index (κ3) is 4.26. The van der Waals surface area contributed by atoms with Crippen LogP contribution in [-0.4, -0.2) is 36.7 Å². The molecule has 0 fully saturated rings. The molecule has 0 spiro atoms. The summed E-state index contributed by atoms with van der Waals surface area (Å²) in [6.45, 7) is 8.43. The minimum absolute atomic E-state index is 0.169. The van der Waals surface area contributed by atoms with E-state index in [-0.39, 0.29) is 10.8 Å². The highest BCUT2D eigenvalue weighted by molar-refractivity contribution is 7.89. The van der Waals surface area contributed by atoms with Crippen LogP contribution in [-0.2, 0) is 10.0 Å². The second kappa shape index (κ2) is 8.48. The number of thiazole rings is 1. The molecule has 0 unspecified atom stereocenters. The second-order valence-electron chi connectivity index (χ2n) is 6.57. The van der Waals surface area contributed by atoms with E-state index >= 15 is 0 Å². The number of anilines is 1. The molecule has 0 saturated heterocycles. The van der Waals surface area contributed by atoms with Crippen LogP contribution in [0.15, 0.2) is 41.3 Å². The quantitative estimate of drug-likeness (QED) is 0.556. The molecule has 0 aliphatic rings. The minimum atomic E-state index is -3.54. The largest absolute Gasteiger partial charge is 0.273 e. The van der Waals surface area contributed by atoms with Crippen LogP contribution in [0.2, 0.25) is 0 Å². The highest BCUT2D eigenvalue weighted by Gasteiger charge is 2.21. The molecule has 1 aromatic heterocycles. The fraction of sp³-hybridized carbons (Fsp3) is 0.300. The van der Waals surface area contributed by atoms with Gasteiger partial charge in [0.1, 0.15) is 0 Å². The first-order chi connectivity index (χ1) is 13.8. The summed E-state index contributed by atoms with van der Waals surface area (Å²) in [7, 11) is -3.54. The zero-order valence-electron chi connectivity index (χ0n) is 16.8. The molecular weight excluding hydrogens is 408 g/mol. The highest BCUT2D eigenvalue weighted by atomic mass is 32.2.